The van der Waals surface area contributed by atoms with Gasteiger partial charge in [-0.1, -0.05) is 29.8 Å². The van der Waals surface area contributed by atoms with Crippen LogP contribution in [0.5, 0.6) is 0 Å². The molecule has 0 aliphatic heterocycles. The summed E-state index contributed by atoms with van der Waals surface area (Å²) in [6, 6.07) is 0. The largest absolute Gasteiger partial charge is 0.355 e. The zero-order chi connectivity index (χ0) is 11.7. The first-order chi connectivity index (χ1) is 7.14. The van der Waals surface area contributed by atoms with Gasteiger partial charge in [-0.2, -0.15) is 11.8 Å². The van der Waals surface area contributed by atoms with Gasteiger partial charge in [0.15, 0.2) is 0 Å². The molecule has 90 valence electrons. The minimum absolute atomic E-state index is 0.177. The van der Waals surface area contributed by atoms with E-state index in [1.54, 1.807) is 11.8 Å². The number of carbonyl (C=O) groups is 1. The van der Waals surface area contributed by atoms with Crippen LogP contribution >= 0.6 is 27.7 Å². The fourth-order valence-electron chi connectivity index (χ4n) is 1.31. The molecule has 0 rings (SSSR count). The van der Waals surface area contributed by atoms with Crippen molar-refractivity contribution in [2.24, 2.45) is 5.41 Å². The van der Waals surface area contributed by atoms with E-state index < -0.39 is 0 Å². The Hall–Kier alpha value is 0.300. The molecule has 1 N–H and O–H groups in total. The molecule has 0 atom stereocenters. The van der Waals surface area contributed by atoms with Gasteiger partial charge in [-0.3, -0.25) is 4.79 Å². The molecule has 15 heavy (non-hydrogen) atoms. The van der Waals surface area contributed by atoms with Crippen LogP contribution in [0.2, 0.25) is 0 Å². The summed E-state index contributed by atoms with van der Waals surface area (Å²) in [6.07, 6.45) is 4.84. The Kier molecular flexibility index (Phi) is 8.62. The third-order valence-electron chi connectivity index (χ3n) is 2.98. The molecule has 0 saturated carbocycles. The number of halogens is 1. The molecule has 2 nitrogen and oxygen atoms in total. The number of alkyl halides is 1. The fourth-order valence-corrected chi connectivity index (χ4v) is 2.69. The number of hydrogen-bond acceptors (Lipinski definition) is 2. The first-order valence-corrected chi connectivity index (χ1v) is 7.97. The van der Waals surface area contributed by atoms with E-state index in [0.717, 1.165) is 30.5 Å². The van der Waals surface area contributed by atoms with E-state index in [1.807, 2.05) is 6.26 Å². The van der Waals surface area contributed by atoms with Gasteiger partial charge < -0.3 is 5.32 Å². The maximum absolute atomic E-state index is 11.5. The number of nitrogens with one attached hydrogen (secondary N) is 1. The summed E-state index contributed by atoms with van der Waals surface area (Å²) in [7, 11) is 0. The average Bonchev–Trinajstić information content (AvgIpc) is 2.29. The van der Waals surface area contributed by atoms with E-state index >= 15 is 0 Å². The first-order valence-electron chi connectivity index (χ1n) is 5.45. The lowest BCUT2D eigenvalue weighted by atomic mass is 9.84. The topological polar surface area (TPSA) is 29.1 Å². The molecule has 0 fully saturated rings. The quantitative estimate of drug-likeness (QED) is 0.698. The van der Waals surface area contributed by atoms with Gasteiger partial charge in [-0.05, 0) is 24.5 Å². The third kappa shape index (κ3) is 5.81. The predicted octanol–water partition coefficient (Wildman–Crippen LogP) is 3.06. The number of amides is 1. The van der Waals surface area contributed by atoms with Crippen molar-refractivity contribution in [2.45, 2.75) is 33.1 Å². The Balaban J connectivity index is 3.93. The molecule has 0 unspecified atom stereocenters. The zero-order valence-corrected chi connectivity index (χ0v) is 12.3. The van der Waals surface area contributed by atoms with E-state index in [9.17, 15) is 4.79 Å². The van der Waals surface area contributed by atoms with Crippen LogP contribution in [-0.2, 0) is 4.79 Å². The predicted molar refractivity (Wildman–Crippen MR) is 72.8 cm³/mol. The molecule has 0 spiro atoms. The van der Waals surface area contributed by atoms with Crippen LogP contribution < -0.4 is 5.32 Å². The summed E-state index contributed by atoms with van der Waals surface area (Å²) < 4.78 is 0. The summed E-state index contributed by atoms with van der Waals surface area (Å²) >= 11 is 5.25. The second-order valence-corrected chi connectivity index (χ2v) is 5.41. The molecule has 0 aliphatic carbocycles. The van der Waals surface area contributed by atoms with Crippen molar-refractivity contribution in [1.82, 2.24) is 5.32 Å². The standard InChI is InChI=1S/C11H22BrNOS/c1-4-11(5-2,8-12)9-13-10(14)6-7-15-3/h4-9H2,1-3H3,(H,13,14). The molecule has 1 amide bonds. The minimum Gasteiger partial charge on any atom is -0.355 e. The van der Waals surface area contributed by atoms with Gasteiger partial charge in [0.2, 0.25) is 5.91 Å². The van der Waals surface area contributed by atoms with Crippen LogP contribution in [0.1, 0.15) is 33.1 Å². The van der Waals surface area contributed by atoms with Gasteiger partial charge in [-0.15, -0.1) is 0 Å². The van der Waals surface area contributed by atoms with Crippen molar-refractivity contribution in [3.05, 3.63) is 0 Å². The lowest BCUT2D eigenvalue weighted by Crippen LogP contribution is -2.38. The Labute approximate surface area is 106 Å². The third-order valence-corrected chi connectivity index (χ3v) is 4.78. The number of thioether (sulfide) groups is 1. The normalized spacial score (nSPS) is 11.5. The highest BCUT2D eigenvalue weighted by Gasteiger charge is 2.25. The van der Waals surface area contributed by atoms with Gasteiger partial charge in [-0.25, -0.2) is 0 Å². The second-order valence-electron chi connectivity index (χ2n) is 3.86. The molecular formula is C11H22BrNOS. The highest BCUT2D eigenvalue weighted by atomic mass is 79.9. The van der Waals surface area contributed by atoms with Crippen LogP contribution in [0.4, 0.5) is 0 Å². The molecule has 0 radical (unpaired) electrons. The van der Waals surface area contributed by atoms with Crippen molar-refractivity contribution < 1.29 is 4.79 Å². The highest BCUT2D eigenvalue weighted by molar-refractivity contribution is 9.09. The molecule has 0 aromatic heterocycles. The van der Waals surface area contributed by atoms with E-state index in [2.05, 4.69) is 35.1 Å². The van der Waals surface area contributed by atoms with Crippen molar-refractivity contribution in [3.8, 4) is 0 Å². The van der Waals surface area contributed by atoms with Gasteiger partial charge in [0.25, 0.3) is 0 Å². The van der Waals surface area contributed by atoms with E-state index in [1.165, 1.54) is 0 Å². The summed E-state index contributed by atoms with van der Waals surface area (Å²) in [6.45, 7) is 5.15. The average molecular weight is 296 g/mol. The smallest absolute Gasteiger partial charge is 0.220 e. The SMILES string of the molecule is CCC(CC)(CBr)CNC(=O)CCSC. The molecule has 0 bridgehead atoms. The van der Waals surface area contributed by atoms with Crippen molar-refractivity contribution >= 4 is 33.6 Å². The van der Waals surface area contributed by atoms with E-state index in [4.69, 9.17) is 0 Å². The lowest BCUT2D eigenvalue weighted by Gasteiger charge is -2.29. The maximum Gasteiger partial charge on any atom is 0.220 e. The number of carbonyl (C=O) groups excluding carboxylic acids is 1. The van der Waals surface area contributed by atoms with E-state index in [-0.39, 0.29) is 11.3 Å². The molecule has 0 aromatic carbocycles. The second kappa shape index (κ2) is 8.45. The van der Waals surface area contributed by atoms with Crippen LogP contribution in [0, 0.1) is 5.41 Å². The van der Waals surface area contributed by atoms with Gasteiger partial charge in [0, 0.05) is 24.0 Å². The van der Waals surface area contributed by atoms with Gasteiger partial charge in [0.05, 0.1) is 0 Å². The Morgan fingerprint density at radius 3 is 2.40 bits per heavy atom. The molecule has 0 heterocycles. The number of hydrogen-bond donors (Lipinski definition) is 1. The fraction of sp³-hybridized carbons (Fsp3) is 0.909. The zero-order valence-electron chi connectivity index (χ0n) is 9.94. The minimum atomic E-state index is 0.177. The Morgan fingerprint density at radius 2 is 2.00 bits per heavy atom. The lowest BCUT2D eigenvalue weighted by molar-refractivity contribution is -0.121. The molecule has 0 aromatic rings. The molecular weight excluding hydrogens is 274 g/mol. The van der Waals surface area contributed by atoms with Crippen LogP contribution in [-0.4, -0.2) is 29.8 Å². The summed E-state index contributed by atoms with van der Waals surface area (Å²) in [5, 5.41) is 3.98. The van der Waals surface area contributed by atoms with E-state index in [0.29, 0.717) is 6.42 Å². The Morgan fingerprint density at radius 1 is 1.40 bits per heavy atom. The van der Waals surface area contributed by atoms with Gasteiger partial charge >= 0.3 is 0 Å². The van der Waals surface area contributed by atoms with Crippen molar-refractivity contribution in [2.75, 3.05) is 23.9 Å². The molecule has 4 heteroatoms. The van der Waals surface area contributed by atoms with Gasteiger partial charge in [0.1, 0.15) is 0 Å². The maximum atomic E-state index is 11.5. The first kappa shape index (κ1) is 15.3. The monoisotopic (exact) mass is 295 g/mol. The van der Waals surface area contributed by atoms with Crippen LogP contribution in [0.3, 0.4) is 0 Å². The summed E-state index contributed by atoms with van der Waals surface area (Å²) in [4.78, 5) is 11.5. The summed E-state index contributed by atoms with van der Waals surface area (Å²) in [5.41, 5.74) is 0.231. The van der Waals surface area contributed by atoms with Crippen molar-refractivity contribution in [1.29, 1.82) is 0 Å². The summed E-state index contributed by atoms with van der Waals surface area (Å²) in [5.74, 6) is 1.09. The number of rotatable bonds is 8. The molecule has 0 aliphatic rings. The Bertz CT molecular complexity index is 175. The van der Waals surface area contributed by atoms with Crippen LogP contribution in [0.15, 0.2) is 0 Å². The molecule has 0 saturated heterocycles. The van der Waals surface area contributed by atoms with Crippen molar-refractivity contribution in [3.63, 3.8) is 0 Å². The van der Waals surface area contributed by atoms with Crippen LogP contribution in [0.25, 0.3) is 0 Å². The highest BCUT2D eigenvalue weighted by Crippen LogP contribution is 2.27.